The Balaban J connectivity index is 1.11. The second-order valence-electron chi connectivity index (χ2n) is 12.6. The first-order valence-corrected chi connectivity index (χ1v) is 15.5. The Hall–Kier alpha value is -3.97. The molecule has 0 bridgehead atoms. The molecule has 2 aliphatic heterocycles. The van der Waals surface area contributed by atoms with Crippen molar-refractivity contribution in [3.05, 3.63) is 88.5 Å². The number of nitrogens with zero attached hydrogens (tertiary/aromatic N) is 5. The van der Waals surface area contributed by atoms with Crippen LogP contribution in [-0.2, 0) is 23.6 Å². The van der Waals surface area contributed by atoms with Gasteiger partial charge in [0, 0.05) is 37.1 Å². The van der Waals surface area contributed by atoms with Crippen LogP contribution in [-0.4, -0.2) is 43.6 Å². The Kier molecular flexibility index (Phi) is 7.32. The van der Waals surface area contributed by atoms with Crippen LogP contribution in [0.2, 0.25) is 5.02 Å². The zero-order valence-electron chi connectivity index (χ0n) is 24.6. The molecular weight excluding hydrogens is 578 g/mol. The number of carbonyl (C=O) groups is 1. The van der Waals surface area contributed by atoms with Gasteiger partial charge >= 0.3 is 5.97 Å². The van der Waals surface area contributed by atoms with Gasteiger partial charge < -0.3 is 19.1 Å². The second-order valence-corrected chi connectivity index (χ2v) is 13.0. The number of hydrogen-bond acceptors (Lipinski definition) is 7. The lowest BCUT2D eigenvalue weighted by atomic mass is 9.86. The van der Waals surface area contributed by atoms with Crippen LogP contribution in [0, 0.1) is 22.7 Å². The molecule has 44 heavy (non-hydrogen) atoms. The van der Waals surface area contributed by atoms with Gasteiger partial charge in [-0.25, -0.2) is 9.78 Å². The number of nitriles is 1. The molecule has 2 aromatic carbocycles. The molecule has 1 N–H and O–H groups in total. The summed E-state index contributed by atoms with van der Waals surface area (Å²) in [6.45, 7) is 4.99. The van der Waals surface area contributed by atoms with Gasteiger partial charge in [-0.3, -0.25) is 9.88 Å². The minimum atomic E-state index is -1.04. The van der Waals surface area contributed by atoms with Crippen LogP contribution in [0.1, 0.15) is 72.6 Å². The third kappa shape index (κ3) is 5.43. The number of piperidine rings is 1. The molecule has 4 heterocycles. The molecule has 3 aliphatic rings. The highest BCUT2D eigenvalue weighted by molar-refractivity contribution is 6.30. The van der Waals surface area contributed by atoms with E-state index in [0.29, 0.717) is 30.2 Å². The van der Waals surface area contributed by atoms with Crippen molar-refractivity contribution in [3.8, 4) is 11.8 Å². The van der Waals surface area contributed by atoms with E-state index in [1.54, 1.807) is 30.5 Å². The Bertz CT molecular complexity index is 1750. The number of rotatable bonds is 8. The number of fused-ring (bicyclic) bond motifs is 2. The molecule has 1 unspecified atom stereocenters. The predicted octanol–water partition coefficient (Wildman–Crippen LogP) is 6.71. The zero-order chi connectivity index (χ0) is 30.5. The number of aromatic nitrogens is 3. The van der Waals surface area contributed by atoms with Crippen LogP contribution in [0.5, 0.6) is 5.75 Å². The van der Waals surface area contributed by atoms with Crippen molar-refractivity contribution in [3.63, 3.8) is 0 Å². The van der Waals surface area contributed by atoms with E-state index < -0.39 is 11.8 Å². The van der Waals surface area contributed by atoms with Crippen molar-refractivity contribution >= 4 is 28.6 Å². The highest BCUT2D eigenvalue weighted by Gasteiger charge is 2.45. The maximum absolute atomic E-state index is 11.7. The standard InChI is InChI=1S/C34H34ClN5O4/c1-33(29-9-7-24(35)19-37-29)43-28-5-3-2-4-25(28)31(44-33)22-10-16-39(17-11-22)20-30-38-26-8-6-23(32(41)42)18-27(26)40(30)21-34(12-13-34)14-15-36/h2-9,18-19,22,31H,10-14,16-17,20-21H2,1H3,(H,41,42)/t31?,33-/m1/s1. The topological polar surface area (TPSA) is 113 Å². The van der Waals surface area contributed by atoms with Gasteiger partial charge in [-0.05, 0) is 81.1 Å². The summed E-state index contributed by atoms with van der Waals surface area (Å²) >= 11 is 6.11. The Morgan fingerprint density at radius 3 is 2.66 bits per heavy atom. The minimum absolute atomic E-state index is 0.0528. The fraction of sp³-hybridized carbons (Fsp3) is 0.412. The molecule has 10 heteroatoms. The summed E-state index contributed by atoms with van der Waals surface area (Å²) in [4.78, 5) is 23.6. The van der Waals surface area contributed by atoms with E-state index in [1.807, 2.05) is 31.2 Å². The summed E-state index contributed by atoms with van der Waals surface area (Å²) in [6, 6.07) is 19.2. The van der Waals surface area contributed by atoms with Gasteiger partial charge in [-0.2, -0.15) is 5.26 Å². The average Bonchev–Trinajstić information content (AvgIpc) is 3.71. The van der Waals surface area contributed by atoms with Crippen molar-refractivity contribution in [1.82, 2.24) is 19.4 Å². The van der Waals surface area contributed by atoms with Crippen LogP contribution in [0.4, 0.5) is 0 Å². The summed E-state index contributed by atoms with van der Waals surface area (Å²) in [7, 11) is 0. The molecule has 1 saturated carbocycles. The van der Waals surface area contributed by atoms with E-state index in [0.717, 1.165) is 66.9 Å². The monoisotopic (exact) mass is 611 g/mol. The van der Waals surface area contributed by atoms with E-state index in [2.05, 4.69) is 26.6 Å². The second kappa shape index (κ2) is 11.2. The number of halogens is 1. The van der Waals surface area contributed by atoms with E-state index >= 15 is 0 Å². The summed E-state index contributed by atoms with van der Waals surface area (Å²) in [5.41, 5.74) is 3.53. The third-order valence-electron chi connectivity index (χ3n) is 9.48. The Morgan fingerprint density at radius 1 is 1.16 bits per heavy atom. The SMILES string of the molecule is C[C@@]1(c2ccc(Cl)cn2)Oc2ccccc2C(C2CCN(Cc3nc4ccc(C(=O)O)cc4n3CC3(CC#N)CC3)CC2)O1. The first-order valence-electron chi connectivity index (χ1n) is 15.2. The summed E-state index contributed by atoms with van der Waals surface area (Å²) in [6.07, 6.45) is 5.83. The molecule has 7 rings (SSSR count). The molecule has 0 amide bonds. The maximum atomic E-state index is 11.7. The molecule has 9 nitrogen and oxygen atoms in total. The molecule has 4 aromatic rings. The number of aromatic carboxylic acids is 1. The number of pyridine rings is 1. The van der Waals surface area contributed by atoms with E-state index in [-0.39, 0.29) is 23.0 Å². The number of imidazole rings is 1. The van der Waals surface area contributed by atoms with E-state index in [1.165, 1.54) is 0 Å². The number of para-hydroxylation sites is 1. The number of benzene rings is 2. The molecule has 1 aliphatic carbocycles. The van der Waals surface area contributed by atoms with Crippen molar-refractivity contribution in [1.29, 1.82) is 5.26 Å². The highest BCUT2D eigenvalue weighted by Crippen LogP contribution is 2.51. The average molecular weight is 612 g/mol. The van der Waals surface area contributed by atoms with Gasteiger partial charge in [0.1, 0.15) is 17.3 Å². The molecule has 2 atom stereocenters. The van der Waals surface area contributed by atoms with Gasteiger partial charge in [0.05, 0.1) is 40.3 Å². The maximum Gasteiger partial charge on any atom is 0.335 e. The van der Waals surface area contributed by atoms with Gasteiger partial charge in [-0.15, -0.1) is 0 Å². The molecule has 226 valence electrons. The lowest BCUT2D eigenvalue weighted by Gasteiger charge is -2.44. The number of carboxylic acids is 1. The first kappa shape index (κ1) is 28.8. The first-order chi connectivity index (χ1) is 21.3. The fourth-order valence-corrected chi connectivity index (χ4v) is 6.85. The molecule has 1 saturated heterocycles. The largest absolute Gasteiger partial charge is 0.478 e. The van der Waals surface area contributed by atoms with Crippen molar-refractivity contribution in [2.24, 2.45) is 11.3 Å². The Labute approximate surface area is 261 Å². The van der Waals surface area contributed by atoms with Crippen molar-refractivity contribution in [2.45, 2.75) is 64.0 Å². The molecule has 2 aromatic heterocycles. The molecule has 0 radical (unpaired) electrons. The number of hydrogen-bond donors (Lipinski definition) is 1. The molecule has 2 fully saturated rings. The third-order valence-corrected chi connectivity index (χ3v) is 9.70. The number of ether oxygens (including phenoxy) is 2. The van der Waals surface area contributed by atoms with Crippen LogP contribution in [0.25, 0.3) is 11.0 Å². The normalized spacial score (nSPS) is 23.1. The number of likely N-dealkylation sites (tertiary alicyclic amines) is 1. The lowest BCUT2D eigenvalue weighted by molar-refractivity contribution is -0.244. The van der Waals surface area contributed by atoms with Crippen LogP contribution in [0.15, 0.2) is 60.8 Å². The highest BCUT2D eigenvalue weighted by atomic mass is 35.5. The Morgan fingerprint density at radius 2 is 1.95 bits per heavy atom. The quantitative estimate of drug-likeness (QED) is 0.234. The summed E-state index contributed by atoms with van der Waals surface area (Å²) in [5.74, 6) is 0.0137. The van der Waals surface area contributed by atoms with E-state index in [4.69, 9.17) is 26.1 Å². The zero-order valence-corrected chi connectivity index (χ0v) is 25.3. The van der Waals surface area contributed by atoms with Crippen LogP contribution in [0.3, 0.4) is 0 Å². The number of carboxylic acid groups (broad SMARTS) is 1. The van der Waals surface area contributed by atoms with Crippen LogP contribution < -0.4 is 4.74 Å². The minimum Gasteiger partial charge on any atom is -0.478 e. The van der Waals surface area contributed by atoms with Gasteiger partial charge in [0.15, 0.2) is 0 Å². The summed E-state index contributed by atoms with van der Waals surface area (Å²) in [5, 5.41) is 19.6. The smallest absolute Gasteiger partial charge is 0.335 e. The lowest BCUT2D eigenvalue weighted by Crippen LogP contribution is -2.43. The van der Waals surface area contributed by atoms with Gasteiger partial charge in [0.2, 0.25) is 0 Å². The fourth-order valence-electron chi connectivity index (χ4n) is 6.74. The van der Waals surface area contributed by atoms with Crippen LogP contribution >= 0.6 is 11.6 Å². The van der Waals surface area contributed by atoms with Gasteiger partial charge in [-0.1, -0.05) is 29.8 Å². The van der Waals surface area contributed by atoms with Crippen molar-refractivity contribution < 1.29 is 19.4 Å². The van der Waals surface area contributed by atoms with E-state index in [9.17, 15) is 15.2 Å². The van der Waals surface area contributed by atoms with Crippen molar-refractivity contribution in [2.75, 3.05) is 13.1 Å². The molecular formula is C34H34ClN5O4. The predicted molar refractivity (Wildman–Crippen MR) is 164 cm³/mol. The summed E-state index contributed by atoms with van der Waals surface area (Å²) < 4.78 is 15.3. The molecule has 0 spiro atoms. The van der Waals surface area contributed by atoms with Gasteiger partial charge in [0.25, 0.3) is 5.79 Å².